The highest BCUT2D eigenvalue weighted by Crippen LogP contribution is 2.39. The van der Waals surface area contributed by atoms with E-state index >= 15 is 0 Å². The largest absolute Gasteiger partial charge is 0.359 e. The average molecular weight is 364 g/mol. The summed E-state index contributed by atoms with van der Waals surface area (Å²) in [5, 5.41) is 0. The Morgan fingerprint density at radius 3 is 2.48 bits per heavy atom. The molecule has 1 aromatic heterocycles. The lowest BCUT2D eigenvalue weighted by Crippen LogP contribution is -2.38. The molecule has 0 fully saturated rings. The number of nitrogens with zero attached hydrogens (tertiary/aromatic N) is 1. The molecule has 0 aliphatic carbocycles. The fourth-order valence-corrected chi connectivity index (χ4v) is 3.87. The van der Waals surface area contributed by atoms with Gasteiger partial charge in [0.15, 0.2) is 0 Å². The average Bonchev–Trinajstić information content (AvgIpc) is 3.02. The summed E-state index contributed by atoms with van der Waals surface area (Å²) >= 11 is 0. The third-order valence-corrected chi connectivity index (χ3v) is 4.91. The van der Waals surface area contributed by atoms with Crippen molar-refractivity contribution >= 4 is 29.2 Å². The number of para-hydroxylation sites is 1. The number of hydrogen-bond acceptors (Lipinski definition) is 2. The third-order valence-electron chi connectivity index (χ3n) is 4.91. The van der Waals surface area contributed by atoms with Gasteiger partial charge >= 0.3 is 0 Å². The van der Waals surface area contributed by atoms with Crippen LogP contribution >= 0.6 is 0 Å². The second-order valence-electron chi connectivity index (χ2n) is 8.77. The number of amides is 2. The van der Waals surface area contributed by atoms with Gasteiger partial charge in [-0.2, -0.15) is 0 Å². The summed E-state index contributed by atoms with van der Waals surface area (Å²) < 4.78 is 0. The van der Waals surface area contributed by atoms with Crippen LogP contribution in [0, 0.1) is 25.2 Å². The highest BCUT2D eigenvalue weighted by Gasteiger charge is 2.38. The maximum atomic E-state index is 13.2. The Balaban J connectivity index is 2.02. The van der Waals surface area contributed by atoms with Gasteiger partial charge in [0, 0.05) is 22.9 Å². The van der Waals surface area contributed by atoms with E-state index < -0.39 is 0 Å². The second-order valence-corrected chi connectivity index (χ2v) is 8.77. The van der Waals surface area contributed by atoms with Gasteiger partial charge in [0.1, 0.15) is 0 Å². The van der Waals surface area contributed by atoms with Gasteiger partial charge in [-0.1, -0.05) is 45.9 Å². The molecule has 0 bridgehead atoms. The van der Waals surface area contributed by atoms with Gasteiger partial charge in [0.05, 0.1) is 11.3 Å². The van der Waals surface area contributed by atoms with Crippen LogP contribution in [0.25, 0.3) is 11.6 Å². The van der Waals surface area contributed by atoms with Gasteiger partial charge < -0.3 is 4.98 Å². The standard InChI is InChI=1S/C23H28N2O2/c1-14-11-16(3)24-19(14)12-18-17-9-7-8-10-20(17)25(22(18)27)21(26)15(2)13-23(4,5)6/h7-12,15,24H,13H2,1-6H3/b18-12-. The Hall–Kier alpha value is -2.62. The van der Waals surface area contributed by atoms with Gasteiger partial charge in [0.25, 0.3) is 5.91 Å². The van der Waals surface area contributed by atoms with Gasteiger partial charge in [-0.3, -0.25) is 9.59 Å². The number of nitrogens with one attached hydrogen (secondary N) is 1. The first kappa shape index (κ1) is 19.2. The maximum Gasteiger partial charge on any atom is 0.265 e. The zero-order valence-corrected chi connectivity index (χ0v) is 17.0. The summed E-state index contributed by atoms with van der Waals surface area (Å²) in [5.74, 6) is -0.602. The van der Waals surface area contributed by atoms with E-state index in [4.69, 9.17) is 0 Å². The zero-order chi connectivity index (χ0) is 19.9. The molecule has 1 aliphatic heterocycles. The molecule has 3 rings (SSSR count). The highest BCUT2D eigenvalue weighted by molar-refractivity contribution is 6.42. The van der Waals surface area contributed by atoms with Crippen LogP contribution in [0.2, 0.25) is 0 Å². The number of hydrogen-bond donors (Lipinski definition) is 1. The molecule has 2 amide bonds. The van der Waals surface area contributed by atoms with E-state index in [2.05, 4.69) is 25.8 Å². The van der Waals surface area contributed by atoms with Crippen LogP contribution in [0.3, 0.4) is 0 Å². The van der Waals surface area contributed by atoms with Crippen molar-refractivity contribution in [1.29, 1.82) is 0 Å². The lowest BCUT2D eigenvalue weighted by Gasteiger charge is -2.25. The number of aromatic nitrogens is 1. The van der Waals surface area contributed by atoms with Crippen molar-refractivity contribution in [3.05, 3.63) is 52.8 Å². The van der Waals surface area contributed by atoms with E-state index in [0.29, 0.717) is 11.3 Å². The number of carbonyl (C=O) groups excluding carboxylic acids is 2. The molecule has 2 aromatic rings. The molecule has 1 atom stereocenters. The van der Waals surface area contributed by atoms with Gasteiger partial charge in [-0.05, 0) is 49.5 Å². The monoisotopic (exact) mass is 364 g/mol. The predicted octanol–water partition coefficient (Wildman–Crippen LogP) is 5.12. The smallest absolute Gasteiger partial charge is 0.265 e. The molecule has 0 saturated heterocycles. The molecule has 142 valence electrons. The third kappa shape index (κ3) is 3.75. The number of anilines is 1. The second kappa shape index (κ2) is 6.84. The minimum absolute atomic E-state index is 0.0227. The van der Waals surface area contributed by atoms with E-state index in [1.165, 1.54) is 4.90 Å². The van der Waals surface area contributed by atoms with Crippen molar-refractivity contribution in [2.45, 2.75) is 48.0 Å². The van der Waals surface area contributed by atoms with Crippen molar-refractivity contribution in [2.24, 2.45) is 11.3 Å². The highest BCUT2D eigenvalue weighted by atomic mass is 16.2. The minimum atomic E-state index is -0.242. The first-order valence-electron chi connectivity index (χ1n) is 9.44. The molecule has 4 nitrogen and oxygen atoms in total. The number of fused-ring (bicyclic) bond motifs is 1. The van der Waals surface area contributed by atoms with Crippen LogP contribution in [0.4, 0.5) is 5.69 Å². The number of aryl methyl sites for hydroxylation is 2. The summed E-state index contributed by atoms with van der Waals surface area (Å²) in [6, 6.07) is 9.58. The van der Waals surface area contributed by atoms with Crippen LogP contribution in [0.1, 0.15) is 56.6 Å². The quantitative estimate of drug-likeness (QED) is 0.769. The van der Waals surface area contributed by atoms with Crippen molar-refractivity contribution in [3.8, 4) is 0 Å². The van der Waals surface area contributed by atoms with E-state index in [1.54, 1.807) is 0 Å². The van der Waals surface area contributed by atoms with Crippen molar-refractivity contribution in [3.63, 3.8) is 0 Å². The first-order chi connectivity index (χ1) is 12.6. The molecule has 1 unspecified atom stereocenters. The number of aromatic amines is 1. The molecule has 0 radical (unpaired) electrons. The Labute approximate surface area is 161 Å². The molecule has 0 spiro atoms. The Kier molecular flexibility index (Phi) is 4.85. The summed E-state index contributed by atoms with van der Waals surface area (Å²) in [7, 11) is 0. The molecule has 27 heavy (non-hydrogen) atoms. The van der Waals surface area contributed by atoms with Crippen LogP contribution in [-0.4, -0.2) is 16.8 Å². The van der Waals surface area contributed by atoms with E-state index in [-0.39, 0.29) is 23.1 Å². The topological polar surface area (TPSA) is 53.2 Å². The first-order valence-corrected chi connectivity index (χ1v) is 9.44. The molecule has 1 N–H and O–H groups in total. The normalized spacial score (nSPS) is 16.7. The van der Waals surface area contributed by atoms with E-state index in [1.807, 2.05) is 57.2 Å². The van der Waals surface area contributed by atoms with Crippen LogP contribution < -0.4 is 4.90 Å². The number of H-pyrrole nitrogens is 1. The van der Waals surface area contributed by atoms with Crippen LogP contribution in [-0.2, 0) is 9.59 Å². The summed E-state index contributed by atoms with van der Waals surface area (Å²) in [6.07, 6.45) is 2.59. The van der Waals surface area contributed by atoms with Gasteiger partial charge in [-0.15, -0.1) is 0 Å². The number of carbonyl (C=O) groups is 2. The molecule has 4 heteroatoms. The Bertz CT molecular complexity index is 928. The fraction of sp³-hybridized carbons (Fsp3) is 0.391. The van der Waals surface area contributed by atoms with Crippen molar-refractivity contribution in [2.75, 3.05) is 4.90 Å². The molecular formula is C23H28N2O2. The maximum absolute atomic E-state index is 13.2. The lowest BCUT2D eigenvalue weighted by atomic mass is 9.85. The molecule has 2 heterocycles. The van der Waals surface area contributed by atoms with Crippen molar-refractivity contribution < 1.29 is 9.59 Å². The van der Waals surface area contributed by atoms with Crippen molar-refractivity contribution in [1.82, 2.24) is 4.98 Å². The van der Waals surface area contributed by atoms with Gasteiger partial charge in [0.2, 0.25) is 5.91 Å². The number of rotatable bonds is 3. The summed E-state index contributed by atoms with van der Waals surface area (Å²) in [5.41, 5.74) is 5.11. The molecular weight excluding hydrogens is 336 g/mol. The van der Waals surface area contributed by atoms with Crippen LogP contribution in [0.5, 0.6) is 0 Å². The molecule has 1 aliphatic rings. The molecule has 0 saturated carbocycles. The Morgan fingerprint density at radius 2 is 1.89 bits per heavy atom. The minimum Gasteiger partial charge on any atom is -0.359 e. The number of benzene rings is 1. The zero-order valence-electron chi connectivity index (χ0n) is 17.0. The van der Waals surface area contributed by atoms with Crippen LogP contribution in [0.15, 0.2) is 30.3 Å². The van der Waals surface area contributed by atoms with Gasteiger partial charge in [-0.25, -0.2) is 4.90 Å². The predicted molar refractivity (Wildman–Crippen MR) is 110 cm³/mol. The summed E-state index contributed by atoms with van der Waals surface area (Å²) in [6.45, 7) is 12.2. The van der Waals surface area contributed by atoms with E-state index in [9.17, 15) is 9.59 Å². The fourth-order valence-electron chi connectivity index (χ4n) is 3.87. The summed E-state index contributed by atoms with van der Waals surface area (Å²) in [4.78, 5) is 31.0. The molecule has 1 aromatic carbocycles. The van der Waals surface area contributed by atoms with E-state index in [0.717, 1.165) is 28.9 Å². The number of imide groups is 1. The SMILES string of the molecule is Cc1cc(C)c(/C=C2\C(=O)N(C(=O)C(C)CC(C)(C)C)c3ccccc32)[nH]1. The Morgan fingerprint density at radius 1 is 1.22 bits per heavy atom. The lowest BCUT2D eigenvalue weighted by molar-refractivity contribution is -0.126.